The Hall–Kier alpha value is -6.46. The fourth-order valence-corrected chi connectivity index (χ4v) is 11.4. The number of aliphatic imine (C=N–C) groups is 1. The van der Waals surface area contributed by atoms with Crippen molar-refractivity contribution in [3.63, 3.8) is 0 Å². The van der Waals surface area contributed by atoms with Crippen molar-refractivity contribution in [1.82, 2.24) is 14.1 Å². The SMILES string of the molecule is Cc1cc(C)c(-c2cc(C3=N[C@](C)(C(C(C)C)C(C)C)CO3)cc(-n3c4ccc(C)cc4c4cc(C)c(-n5c6ccc(-c7ccccc7)cc6c6cccnc65)cc43)c2)c(C)c1. The second-order valence-corrected chi connectivity index (χ2v) is 18.9. The molecule has 5 nitrogen and oxygen atoms in total. The minimum atomic E-state index is -0.321. The molecule has 1 aliphatic heterocycles. The van der Waals surface area contributed by atoms with Crippen molar-refractivity contribution in [2.45, 2.75) is 74.8 Å². The van der Waals surface area contributed by atoms with Crippen molar-refractivity contribution < 1.29 is 4.74 Å². The third-order valence-electron chi connectivity index (χ3n) is 13.5. The molecule has 9 aromatic rings. The molecule has 5 heteroatoms. The Morgan fingerprint density at radius 2 is 1.23 bits per heavy atom. The number of aromatic nitrogens is 3. The summed E-state index contributed by atoms with van der Waals surface area (Å²) in [6.07, 6.45) is 1.91. The first kappa shape index (κ1) is 39.7. The van der Waals surface area contributed by atoms with Gasteiger partial charge in [0.1, 0.15) is 12.3 Å². The number of ether oxygens (including phenoxy) is 1. The maximum absolute atomic E-state index is 6.70. The second kappa shape index (κ2) is 14.9. The van der Waals surface area contributed by atoms with E-state index in [0.717, 1.165) is 56.0 Å². The quantitative estimate of drug-likeness (QED) is 0.153. The first-order valence-electron chi connectivity index (χ1n) is 22.3. The molecule has 0 N–H and O–H groups in total. The maximum Gasteiger partial charge on any atom is 0.216 e. The Kier molecular flexibility index (Phi) is 9.51. The molecule has 1 aliphatic rings. The van der Waals surface area contributed by atoms with Crippen molar-refractivity contribution in [2.24, 2.45) is 22.7 Å². The van der Waals surface area contributed by atoms with Gasteiger partial charge in [-0.25, -0.2) is 9.98 Å². The van der Waals surface area contributed by atoms with Crippen LogP contribution < -0.4 is 0 Å². The number of fused-ring (bicyclic) bond motifs is 6. The Balaban J connectivity index is 1.25. The highest BCUT2D eigenvalue weighted by Gasteiger charge is 2.43. The lowest BCUT2D eigenvalue weighted by Gasteiger charge is -2.36. The van der Waals surface area contributed by atoms with Gasteiger partial charge in [0, 0.05) is 39.0 Å². The van der Waals surface area contributed by atoms with E-state index < -0.39 is 0 Å². The van der Waals surface area contributed by atoms with Crippen molar-refractivity contribution >= 4 is 49.6 Å². The van der Waals surface area contributed by atoms with Crippen LogP contribution in [0.25, 0.3) is 77.4 Å². The molecule has 0 amide bonds. The van der Waals surface area contributed by atoms with Crippen molar-refractivity contribution in [2.75, 3.05) is 6.61 Å². The van der Waals surface area contributed by atoms with Gasteiger partial charge in [0.05, 0.1) is 27.8 Å². The number of rotatable bonds is 8. The first-order chi connectivity index (χ1) is 29.8. The van der Waals surface area contributed by atoms with Crippen LogP contribution in [-0.4, -0.2) is 32.2 Å². The summed E-state index contributed by atoms with van der Waals surface area (Å²) in [6.45, 7) is 23.2. The summed E-state index contributed by atoms with van der Waals surface area (Å²) in [5, 5.41) is 4.78. The van der Waals surface area contributed by atoms with Gasteiger partial charge >= 0.3 is 0 Å². The van der Waals surface area contributed by atoms with Gasteiger partial charge in [0.2, 0.25) is 5.90 Å². The van der Waals surface area contributed by atoms with Crippen LogP contribution in [0.15, 0.2) is 133 Å². The number of benzene rings is 6. The van der Waals surface area contributed by atoms with Gasteiger partial charge in [-0.3, -0.25) is 4.57 Å². The molecule has 0 radical (unpaired) electrons. The van der Waals surface area contributed by atoms with Crippen LogP contribution in [-0.2, 0) is 4.74 Å². The average molecular weight is 813 g/mol. The van der Waals surface area contributed by atoms with Crippen LogP contribution in [0.1, 0.15) is 68.0 Å². The highest BCUT2D eigenvalue weighted by atomic mass is 16.5. The Bertz CT molecular complexity index is 3240. The Labute approximate surface area is 365 Å². The van der Waals surface area contributed by atoms with Crippen molar-refractivity contribution in [3.05, 3.63) is 161 Å². The van der Waals surface area contributed by atoms with Crippen LogP contribution in [0.5, 0.6) is 0 Å². The van der Waals surface area contributed by atoms with E-state index in [1.54, 1.807) is 0 Å². The van der Waals surface area contributed by atoms with Crippen molar-refractivity contribution in [3.8, 4) is 33.6 Å². The largest absolute Gasteiger partial charge is 0.475 e. The molecule has 0 aliphatic carbocycles. The van der Waals surface area contributed by atoms with Crippen LogP contribution in [0.4, 0.5) is 0 Å². The summed E-state index contributed by atoms with van der Waals surface area (Å²) in [6, 6.07) is 44.9. The standard InChI is InChI=1S/C57H56N4O/c1-33(2)54(34(3)4)57(10)32-62-56(59-57)43-27-42(53-38(8)23-36(6)24-39(53)9)28-44(29-43)60-49-20-18-35(5)25-46(49)47-26-37(7)51(31-52(47)60)61-50-21-19-41(40-15-12-11-13-16-40)30-48(50)45-17-14-22-58-55(45)61/h11-31,33-34,54H,32H2,1-10H3/t57-/m0/s1. The molecule has 3 aromatic heterocycles. The van der Waals surface area contributed by atoms with Gasteiger partial charge in [-0.2, -0.15) is 0 Å². The minimum Gasteiger partial charge on any atom is -0.475 e. The van der Waals surface area contributed by atoms with Crippen LogP contribution in [0, 0.1) is 52.4 Å². The van der Waals surface area contributed by atoms with E-state index in [0.29, 0.717) is 24.4 Å². The van der Waals surface area contributed by atoms with E-state index in [1.165, 1.54) is 60.7 Å². The van der Waals surface area contributed by atoms with Crippen LogP contribution in [0.3, 0.4) is 0 Å². The van der Waals surface area contributed by atoms with E-state index in [-0.39, 0.29) is 5.54 Å². The lowest BCUT2D eigenvalue weighted by molar-refractivity contribution is 0.129. The normalized spacial score (nSPS) is 15.6. The predicted octanol–water partition coefficient (Wildman–Crippen LogP) is 14.6. The molecule has 0 saturated heterocycles. The van der Waals surface area contributed by atoms with Gasteiger partial charge in [-0.15, -0.1) is 0 Å². The van der Waals surface area contributed by atoms with E-state index in [1.807, 2.05) is 12.3 Å². The number of hydrogen-bond acceptors (Lipinski definition) is 3. The molecule has 310 valence electrons. The second-order valence-electron chi connectivity index (χ2n) is 18.9. The fourth-order valence-electron chi connectivity index (χ4n) is 11.4. The summed E-state index contributed by atoms with van der Waals surface area (Å²) in [4.78, 5) is 10.6. The molecular formula is C57H56N4O. The lowest BCUT2D eigenvalue weighted by atomic mass is 9.72. The Morgan fingerprint density at radius 3 is 1.97 bits per heavy atom. The van der Waals surface area contributed by atoms with E-state index in [4.69, 9.17) is 14.7 Å². The number of aryl methyl sites for hydroxylation is 5. The van der Waals surface area contributed by atoms with E-state index in [2.05, 4.69) is 194 Å². The molecule has 0 bridgehead atoms. The van der Waals surface area contributed by atoms with Gasteiger partial charge < -0.3 is 9.30 Å². The number of pyridine rings is 1. The van der Waals surface area contributed by atoms with E-state index >= 15 is 0 Å². The van der Waals surface area contributed by atoms with Crippen LogP contribution in [0.2, 0.25) is 0 Å². The van der Waals surface area contributed by atoms with Crippen LogP contribution >= 0.6 is 0 Å². The summed E-state index contributed by atoms with van der Waals surface area (Å²) in [5.41, 5.74) is 18.3. The van der Waals surface area contributed by atoms with Crippen molar-refractivity contribution in [1.29, 1.82) is 0 Å². The predicted molar refractivity (Wildman–Crippen MR) is 262 cm³/mol. The Morgan fingerprint density at radius 1 is 0.548 bits per heavy atom. The molecule has 6 aromatic carbocycles. The molecule has 0 saturated carbocycles. The summed E-state index contributed by atoms with van der Waals surface area (Å²) in [5.74, 6) is 2.05. The zero-order valence-corrected chi connectivity index (χ0v) is 37.8. The summed E-state index contributed by atoms with van der Waals surface area (Å²) in [7, 11) is 0. The molecule has 4 heterocycles. The molecule has 62 heavy (non-hydrogen) atoms. The van der Waals surface area contributed by atoms with Gasteiger partial charge in [0.25, 0.3) is 0 Å². The molecule has 1 atom stereocenters. The smallest absolute Gasteiger partial charge is 0.216 e. The zero-order chi connectivity index (χ0) is 43.2. The third-order valence-corrected chi connectivity index (χ3v) is 13.5. The first-order valence-corrected chi connectivity index (χ1v) is 22.3. The molecule has 10 rings (SSSR count). The molecule has 0 fully saturated rings. The molecule has 0 spiro atoms. The van der Waals surface area contributed by atoms with Gasteiger partial charge in [0.15, 0.2) is 0 Å². The summed E-state index contributed by atoms with van der Waals surface area (Å²) < 4.78 is 11.5. The fraction of sp³-hybridized carbons (Fsp3) is 0.263. The molecule has 0 unspecified atom stereocenters. The maximum atomic E-state index is 6.70. The van der Waals surface area contributed by atoms with E-state index in [9.17, 15) is 0 Å². The van der Waals surface area contributed by atoms with Gasteiger partial charge in [-0.1, -0.05) is 93.4 Å². The number of nitrogens with zero attached hydrogens (tertiary/aromatic N) is 4. The lowest BCUT2D eigenvalue weighted by Crippen LogP contribution is -2.40. The topological polar surface area (TPSA) is 44.3 Å². The minimum absolute atomic E-state index is 0.321. The van der Waals surface area contributed by atoms with Gasteiger partial charge in [-0.05, 0) is 165 Å². The molecular weight excluding hydrogens is 757 g/mol. The average Bonchev–Trinajstić information content (AvgIpc) is 3.89. The monoisotopic (exact) mass is 812 g/mol. The summed E-state index contributed by atoms with van der Waals surface area (Å²) >= 11 is 0. The zero-order valence-electron chi connectivity index (χ0n) is 37.8. The highest BCUT2D eigenvalue weighted by Crippen LogP contribution is 2.43. The third kappa shape index (κ3) is 6.44. The number of hydrogen-bond donors (Lipinski definition) is 0. The highest BCUT2D eigenvalue weighted by molar-refractivity contribution is 6.13.